The monoisotopic (exact) mass is 295 g/mol. The van der Waals surface area contributed by atoms with E-state index in [1.807, 2.05) is 22.1 Å². The van der Waals surface area contributed by atoms with E-state index in [0.717, 1.165) is 16.8 Å². The first-order valence-corrected chi connectivity index (χ1v) is 7.83. The molecule has 0 N–H and O–H groups in total. The molecule has 0 aliphatic rings. The molecule has 0 saturated heterocycles. The highest BCUT2D eigenvalue weighted by Gasteiger charge is 2.11. The molecule has 106 valence electrons. The van der Waals surface area contributed by atoms with Crippen LogP contribution in [0.3, 0.4) is 0 Å². The Labute approximate surface area is 128 Å². The van der Waals surface area contributed by atoms with Crippen molar-refractivity contribution in [3.8, 4) is 11.3 Å². The number of rotatable bonds is 3. The zero-order valence-electron chi connectivity index (χ0n) is 12.2. The second-order valence-electron chi connectivity index (χ2n) is 5.27. The van der Waals surface area contributed by atoms with E-state index in [4.69, 9.17) is 0 Å². The number of thiazole rings is 1. The minimum atomic E-state index is 0.0915. The van der Waals surface area contributed by atoms with Crippen molar-refractivity contribution < 1.29 is 0 Å². The van der Waals surface area contributed by atoms with Crippen LogP contribution in [0.4, 0.5) is 0 Å². The highest BCUT2D eigenvalue weighted by atomic mass is 32.1. The van der Waals surface area contributed by atoms with Crippen LogP contribution >= 0.6 is 11.3 Å². The van der Waals surface area contributed by atoms with Gasteiger partial charge in [-0.3, -0.25) is 9.36 Å². The first-order chi connectivity index (χ1) is 10.1. The zero-order valence-corrected chi connectivity index (χ0v) is 13.0. The Hall–Kier alpha value is -2.13. The van der Waals surface area contributed by atoms with Gasteiger partial charge in [-0.25, -0.2) is 0 Å². The fourth-order valence-electron chi connectivity index (χ4n) is 2.43. The molecule has 1 aromatic heterocycles. The van der Waals surface area contributed by atoms with Crippen LogP contribution in [-0.4, -0.2) is 4.57 Å². The van der Waals surface area contributed by atoms with Crippen LogP contribution < -0.4 is 4.87 Å². The van der Waals surface area contributed by atoms with E-state index >= 15 is 0 Å². The number of benzene rings is 2. The normalized spacial score (nSPS) is 10.8. The van der Waals surface area contributed by atoms with Gasteiger partial charge < -0.3 is 0 Å². The van der Waals surface area contributed by atoms with E-state index in [2.05, 4.69) is 50.2 Å². The van der Waals surface area contributed by atoms with Gasteiger partial charge in [-0.1, -0.05) is 65.4 Å². The molecule has 0 unspecified atom stereocenters. The Kier molecular flexibility index (Phi) is 3.76. The van der Waals surface area contributed by atoms with Gasteiger partial charge in [-0.15, -0.1) is 0 Å². The summed E-state index contributed by atoms with van der Waals surface area (Å²) in [5.41, 5.74) is 5.70. The molecule has 0 fully saturated rings. The number of aryl methyl sites for hydroxylation is 2. The van der Waals surface area contributed by atoms with E-state index < -0.39 is 0 Å². The van der Waals surface area contributed by atoms with E-state index in [0.29, 0.717) is 6.54 Å². The molecule has 0 aliphatic carbocycles. The molecule has 0 amide bonds. The molecule has 0 atom stereocenters. The largest absolute Gasteiger partial charge is 0.307 e. The Bertz CT molecular complexity index is 812. The molecule has 0 aliphatic heterocycles. The van der Waals surface area contributed by atoms with Gasteiger partial charge in [0.2, 0.25) is 0 Å². The highest BCUT2D eigenvalue weighted by Crippen LogP contribution is 2.24. The summed E-state index contributed by atoms with van der Waals surface area (Å²) in [6, 6.07) is 16.5. The molecule has 0 saturated carbocycles. The Morgan fingerprint density at radius 3 is 2.43 bits per heavy atom. The van der Waals surface area contributed by atoms with Gasteiger partial charge in [-0.2, -0.15) is 0 Å². The summed E-state index contributed by atoms with van der Waals surface area (Å²) in [4.78, 5) is 12.3. The van der Waals surface area contributed by atoms with Crippen molar-refractivity contribution in [3.63, 3.8) is 0 Å². The van der Waals surface area contributed by atoms with E-state index in [9.17, 15) is 4.79 Å². The van der Waals surface area contributed by atoms with Crippen molar-refractivity contribution in [1.29, 1.82) is 0 Å². The molecule has 3 aromatic rings. The average molecular weight is 295 g/mol. The van der Waals surface area contributed by atoms with Crippen LogP contribution in [0.25, 0.3) is 11.3 Å². The summed E-state index contributed by atoms with van der Waals surface area (Å²) >= 11 is 1.26. The second kappa shape index (κ2) is 5.70. The maximum absolute atomic E-state index is 12.2. The van der Waals surface area contributed by atoms with Gasteiger partial charge in [0.15, 0.2) is 0 Å². The van der Waals surface area contributed by atoms with Crippen LogP contribution in [0.2, 0.25) is 0 Å². The molecule has 21 heavy (non-hydrogen) atoms. The number of nitrogens with zero attached hydrogens (tertiary/aromatic N) is 1. The zero-order chi connectivity index (χ0) is 14.8. The molecule has 1 heterocycles. The van der Waals surface area contributed by atoms with Crippen LogP contribution in [0.5, 0.6) is 0 Å². The minimum absolute atomic E-state index is 0.0915. The van der Waals surface area contributed by atoms with Gasteiger partial charge >= 0.3 is 4.87 Å². The highest BCUT2D eigenvalue weighted by molar-refractivity contribution is 7.07. The van der Waals surface area contributed by atoms with Crippen molar-refractivity contribution >= 4 is 11.3 Å². The van der Waals surface area contributed by atoms with Crippen molar-refractivity contribution in [2.75, 3.05) is 0 Å². The molecular weight excluding hydrogens is 278 g/mol. The maximum atomic E-state index is 12.2. The third-order valence-corrected chi connectivity index (χ3v) is 4.43. The van der Waals surface area contributed by atoms with Crippen LogP contribution in [-0.2, 0) is 6.54 Å². The van der Waals surface area contributed by atoms with Crippen LogP contribution in [0.1, 0.15) is 16.7 Å². The lowest BCUT2D eigenvalue weighted by atomic mass is 10.1. The third kappa shape index (κ3) is 2.83. The third-order valence-electron chi connectivity index (χ3n) is 3.66. The average Bonchev–Trinajstić information content (AvgIpc) is 2.83. The van der Waals surface area contributed by atoms with Crippen LogP contribution in [0, 0.1) is 13.8 Å². The Balaban J connectivity index is 2.04. The topological polar surface area (TPSA) is 22.0 Å². The molecule has 2 aromatic carbocycles. The van der Waals surface area contributed by atoms with E-state index in [1.165, 1.54) is 22.5 Å². The maximum Gasteiger partial charge on any atom is 0.307 e. The van der Waals surface area contributed by atoms with Crippen molar-refractivity contribution in [2.24, 2.45) is 0 Å². The van der Waals surface area contributed by atoms with Gasteiger partial charge in [-0.05, 0) is 25.0 Å². The molecule has 2 nitrogen and oxygen atoms in total. The van der Waals surface area contributed by atoms with Crippen LogP contribution in [0.15, 0.2) is 58.7 Å². The first kappa shape index (κ1) is 13.8. The molecule has 0 bridgehead atoms. The molecule has 0 spiro atoms. The quantitative estimate of drug-likeness (QED) is 0.708. The molecule has 3 heteroatoms. The predicted molar refractivity (Wildman–Crippen MR) is 89.0 cm³/mol. The number of aromatic nitrogens is 1. The number of hydrogen-bond acceptors (Lipinski definition) is 2. The fourth-order valence-corrected chi connectivity index (χ4v) is 3.18. The van der Waals surface area contributed by atoms with E-state index in [1.54, 1.807) is 0 Å². The van der Waals surface area contributed by atoms with Crippen molar-refractivity contribution in [3.05, 3.63) is 80.3 Å². The standard InChI is InChI=1S/C18H17NOS/c1-13-7-9-15(10-8-13)11-19-17(12-21-18(19)20)16-6-4-3-5-14(16)2/h3-10,12H,11H2,1-2H3. The van der Waals surface area contributed by atoms with Crippen molar-refractivity contribution in [1.82, 2.24) is 4.57 Å². The summed E-state index contributed by atoms with van der Waals surface area (Å²) in [7, 11) is 0. The predicted octanol–water partition coefficient (Wildman–Crippen LogP) is 4.24. The fraction of sp³-hybridized carbons (Fsp3) is 0.167. The van der Waals surface area contributed by atoms with Gasteiger partial charge in [0.05, 0.1) is 12.2 Å². The SMILES string of the molecule is Cc1ccc(Cn2c(-c3ccccc3C)csc2=O)cc1. The van der Waals surface area contributed by atoms with E-state index in [-0.39, 0.29) is 4.87 Å². The summed E-state index contributed by atoms with van der Waals surface area (Å²) in [6.45, 7) is 4.76. The van der Waals surface area contributed by atoms with Gasteiger partial charge in [0.1, 0.15) is 0 Å². The summed E-state index contributed by atoms with van der Waals surface area (Å²) in [5, 5.41) is 1.96. The lowest BCUT2D eigenvalue weighted by Gasteiger charge is -2.10. The summed E-state index contributed by atoms with van der Waals surface area (Å²) in [6.07, 6.45) is 0. The second-order valence-corrected chi connectivity index (χ2v) is 6.09. The summed E-state index contributed by atoms with van der Waals surface area (Å²) in [5.74, 6) is 0. The van der Waals surface area contributed by atoms with Gasteiger partial charge in [0, 0.05) is 10.9 Å². The minimum Gasteiger partial charge on any atom is -0.294 e. The first-order valence-electron chi connectivity index (χ1n) is 6.95. The Morgan fingerprint density at radius 2 is 1.71 bits per heavy atom. The lowest BCUT2D eigenvalue weighted by molar-refractivity contribution is 0.791. The Morgan fingerprint density at radius 1 is 1.00 bits per heavy atom. The molecule has 0 radical (unpaired) electrons. The lowest BCUT2D eigenvalue weighted by Crippen LogP contribution is -2.15. The number of hydrogen-bond donors (Lipinski definition) is 0. The van der Waals surface area contributed by atoms with Crippen molar-refractivity contribution in [2.45, 2.75) is 20.4 Å². The molecule has 3 rings (SSSR count). The molecular formula is C18H17NOS. The smallest absolute Gasteiger partial charge is 0.294 e. The summed E-state index contributed by atoms with van der Waals surface area (Å²) < 4.78 is 1.86. The van der Waals surface area contributed by atoms with Gasteiger partial charge in [0.25, 0.3) is 0 Å².